The summed E-state index contributed by atoms with van der Waals surface area (Å²) in [6.07, 6.45) is 1.05. The second kappa shape index (κ2) is 6.01. The quantitative estimate of drug-likeness (QED) is 0.839. The lowest BCUT2D eigenvalue weighted by Crippen LogP contribution is -2.24. The van der Waals surface area contributed by atoms with Gasteiger partial charge in [0, 0.05) is 12.1 Å². The molecule has 19 heavy (non-hydrogen) atoms. The Labute approximate surface area is 112 Å². The number of nitriles is 1. The molecule has 0 aliphatic carbocycles. The lowest BCUT2D eigenvalue weighted by atomic mass is 10.1. The lowest BCUT2D eigenvalue weighted by Gasteiger charge is -2.13. The first kappa shape index (κ1) is 13.1. The Bertz CT molecular complexity index is 651. The number of aromatic nitrogens is 1. The van der Waals surface area contributed by atoms with E-state index in [1.807, 2.05) is 49.4 Å². The van der Waals surface area contributed by atoms with Crippen LogP contribution in [0.1, 0.15) is 18.9 Å². The van der Waals surface area contributed by atoms with E-state index in [-0.39, 0.29) is 12.0 Å². The van der Waals surface area contributed by atoms with Crippen LogP contribution >= 0.6 is 0 Å². The fourth-order valence-corrected chi connectivity index (χ4v) is 2.15. The number of hydrogen-bond acceptors (Lipinski definition) is 2. The third kappa shape index (κ3) is 2.74. The van der Waals surface area contributed by atoms with Crippen LogP contribution in [0.2, 0.25) is 0 Å². The van der Waals surface area contributed by atoms with Gasteiger partial charge in [0.1, 0.15) is 0 Å². The summed E-state index contributed by atoms with van der Waals surface area (Å²) < 4.78 is 1.77. The van der Waals surface area contributed by atoms with Crippen molar-refractivity contribution < 1.29 is 0 Å². The monoisotopic (exact) mass is 252 g/mol. The van der Waals surface area contributed by atoms with Crippen molar-refractivity contribution in [2.75, 3.05) is 0 Å². The highest BCUT2D eigenvalue weighted by Gasteiger charge is 2.09. The summed E-state index contributed by atoms with van der Waals surface area (Å²) in [5.74, 6) is 0. The predicted molar refractivity (Wildman–Crippen MR) is 75.7 cm³/mol. The highest BCUT2D eigenvalue weighted by molar-refractivity contribution is 5.59. The highest BCUT2D eigenvalue weighted by atomic mass is 16.1. The standard InChI is InChI=1S/C16H16N2O/c1-2-12-18-15(13-6-4-3-5-7-13)9-8-14(10-11-17)16(18)19/h3-9H,2,10,12H2,1H3. The van der Waals surface area contributed by atoms with Crippen molar-refractivity contribution in [2.45, 2.75) is 26.3 Å². The van der Waals surface area contributed by atoms with E-state index in [1.165, 1.54) is 0 Å². The van der Waals surface area contributed by atoms with Gasteiger partial charge < -0.3 is 4.57 Å². The normalized spacial score (nSPS) is 10.1. The van der Waals surface area contributed by atoms with Crippen LogP contribution in [0.3, 0.4) is 0 Å². The third-order valence-corrected chi connectivity index (χ3v) is 3.04. The molecule has 96 valence electrons. The molecule has 3 heteroatoms. The molecule has 0 bridgehead atoms. The third-order valence-electron chi connectivity index (χ3n) is 3.04. The molecule has 0 fully saturated rings. The summed E-state index contributed by atoms with van der Waals surface area (Å²) in [6, 6.07) is 15.6. The number of rotatable bonds is 4. The zero-order valence-corrected chi connectivity index (χ0v) is 11.0. The van der Waals surface area contributed by atoms with Gasteiger partial charge in [0.15, 0.2) is 0 Å². The van der Waals surface area contributed by atoms with Crippen molar-refractivity contribution in [3.05, 3.63) is 58.4 Å². The van der Waals surface area contributed by atoms with E-state index in [0.29, 0.717) is 12.1 Å². The molecular formula is C16H16N2O. The number of hydrogen-bond donors (Lipinski definition) is 0. The largest absolute Gasteiger partial charge is 0.308 e. The fraction of sp³-hybridized carbons (Fsp3) is 0.250. The summed E-state index contributed by atoms with van der Waals surface area (Å²) in [7, 11) is 0. The fourth-order valence-electron chi connectivity index (χ4n) is 2.15. The summed E-state index contributed by atoms with van der Waals surface area (Å²) in [4.78, 5) is 12.4. The molecule has 0 N–H and O–H groups in total. The van der Waals surface area contributed by atoms with Crippen LogP contribution < -0.4 is 5.56 Å². The van der Waals surface area contributed by atoms with Crippen molar-refractivity contribution in [3.63, 3.8) is 0 Å². The maximum absolute atomic E-state index is 12.4. The minimum absolute atomic E-state index is 0.0512. The summed E-state index contributed by atoms with van der Waals surface area (Å²) in [5.41, 5.74) is 2.45. The SMILES string of the molecule is CCCn1c(-c2ccccc2)ccc(CC#N)c1=O. The van der Waals surface area contributed by atoms with E-state index < -0.39 is 0 Å². The molecule has 0 amide bonds. The lowest BCUT2D eigenvalue weighted by molar-refractivity contribution is 0.656. The smallest absolute Gasteiger partial charge is 0.255 e. The molecule has 0 atom stereocenters. The van der Waals surface area contributed by atoms with Crippen molar-refractivity contribution in [1.82, 2.24) is 4.57 Å². The second-order valence-corrected chi connectivity index (χ2v) is 4.40. The van der Waals surface area contributed by atoms with Crippen LogP contribution in [0.15, 0.2) is 47.3 Å². The Hall–Kier alpha value is -2.34. The average molecular weight is 252 g/mol. The van der Waals surface area contributed by atoms with Gasteiger partial charge in [0.2, 0.25) is 0 Å². The molecule has 0 spiro atoms. The Morgan fingerprint density at radius 1 is 1.16 bits per heavy atom. The molecule has 1 aromatic carbocycles. The predicted octanol–water partition coefficient (Wildman–Crippen LogP) is 2.99. The van der Waals surface area contributed by atoms with Gasteiger partial charge in [-0.1, -0.05) is 43.3 Å². The molecule has 1 aromatic heterocycles. The minimum atomic E-state index is -0.0512. The summed E-state index contributed by atoms with van der Waals surface area (Å²) in [5, 5.41) is 8.75. The maximum atomic E-state index is 12.4. The topological polar surface area (TPSA) is 45.8 Å². The van der Waals surface area contributed by atoms with Gasteiger partial charge in [-0.25, -0.2) is 0 Å². The molecule has 0 saturated carbocycles. The van der Waals surface area contributed by atoms with Crippen LogP contribution in [0.25, 0.3) is 11.3 Å². The van der Waals surface area contributed by atoms with Gasteiger partial charge in [0.05, 0.1) is 18.2 Å². The molecule has 0 unspecified atom stereocenters. The van der Waals surface area contributed by atoms with E-state index in [2.05, 4.69) is 0 Å². The maximum Gasteiger partial charge on any atom is 0.255 e. The van der Waals surface area contributed by atoms with Crippen molar-refractivity contribution in [3.8, 4) is 17.3 Å². The average Bonchev–Trinajstić information content (AvgIpc) is 2.45. The van der Waals surface area contributed by atoms with Crippen LogP contribution in [-0.2, 0) is 13.0 Å². The minimum Gasteiger partial charge on any atom is -0.308 e. The first-order valence-electron chi connectivity index (χ1n) is 6.43. The van der Waals surface area contributed by atoms with Crippen molar-refractivity contribution in [1.29, 1.82) is 5.26 Å². The molecule has 0 aliphatic heterocycles. The van der Waals surface area contributed by atoms with Gasteiger partial charge in [-0.15, -0.1) is 0 Å². The molecule has 0 aliphatic rings. The molecule has 0 radical (unpaired) electrons. The Kier molecular flexibility index (Phi) is 4.15. The first-order chi connectivity index (χ1) is 9.27. The number of benzene rings is 1. The number of nitrogens with zero attached hydrogens (tertiary/aromatic N) is 2. The number of pyridine rings is 1. The highest BCUT2D eigenvalue weighted by Crippen LogP contribution is 2.18. The Morgan fingerprint density at radius 2 is 1.89 bits per heavy atom. The van der Waals surface area contributed by atoms with E-state index in [9.17, 15) is 4.79 Å². The Morgan fingerprint density at radius 3 is 2.53 bits per heavy atom. The molecule has 1 heterocycles. The van der Waals surface area contributed by atoms with E-state index >= 15 is 0 Å². The van der Waals surface area contributed by atoms with E-state index in [4.69, 9.17) is 5.26 Å². The van der Waals surface area contributed by atoms with E-state index in [1.54, 1.807) is 10.6 Å². The Balaban J connectivity index is 2.60. The van der Waals surface area contributed by atoms with Gasteiger partial charge in [-0.3, -0.25) is 4.79 Å². The zero-order chi connectivity index (χ0) is 13.7. The molecule has 0 saturated heterocycles. The van der Waals surface area contributed by atoms with Gasteiger partial charge in [-0.2, -0.15) is 5.26 Å². The van der Waals surface area contributed by atoms with Crippen LogP contribution in [-0.4, -0.2) is 4.57 Å². The zero-order valence-electron chi connectivity index (χ0n) is 11.0. The summed E-state index contributed by atoms with van der Waals surface area (Å²) >= 11 is 0. The molecule has 3 nitrogen and oxygen atoms in total. The molecular weight excluding hydrogens is 236 g/mol. The van der Waals surface area contributed by atoms with Crippen molar-refractivity contribution >= 4 is 0 Å². The van der Waals surface area contributed by atoms with Crippen molar-refractivity contribution in [2.24, 2.45) is 0 Å². The van der Waals surface area contributed by atoms with Crippen LogP contribution in [0.4, 0.5) is 0 Å². The second-order valence-electron chi connectivity index (χ2n) is 4.40. The summed E-state index contributed by atoms with van der Waals surface area (Å²) in [6.45, 7) is 2.71. The van der Waals surface area contributed by atoms with Crippen LogP contribution in [0.5, 0.6) is 0 Å². The molecule has 2 aromatic rings. The van der Waals surface area contributed by atoms with Gasteiger partial charge in [-0.05, 0) is 18.1 Å². The first-order valence-corrected chi connectivity index (χ1v) is 6.43. The molecule has 2 rings (SSSR count). The van der Waals surface area contributed by atoms with Gasteiger partial charge >= 0.3 is 0 Å². The van der Waals surface area contributed by atoms with Crippen LogP contribution in [0, 0.1) is 11.3 Å². The van der Waals surface area contributed by atoms with Gasteiger partial charge in [0.25, 0.3) is 5.56 Å². The van der Waals surface area contributed by atoms with E-state index in [0.717, 1.165) is 17.7 Å².